The van der Waals surface area contributed by atoms with Crippen molar-refractivity contribution in [3.8, 4) is 11.8 Å². The molecule has 0 aliphatic heterocycles. The Balaban J connectivity index is 1.66. The van der Waals surface area contributed by atoms with Gasteiger partial charge in [0.2, 0.25) is 6.43 Å². The molecular weight excluding hydrogens is 278 g/mol. The number of allylic oxidation sites excluding steroid dienone is 2. The van der Waals surface area contributed by atoms with Crippen LogP contribution in [-0.4, -0.2) is 6.43 Å². The normalized spacial score (nSPS) is 32.9. The van der Waals surface area contributed by atoms with Crippen LogP contribution in [0.5, 0.6) is 0 Å². The van der Waals surface area contributed by atoms with Gasteiger partial charge in [-0.25, -0.2) is 8.78 Å². The van der Waals surface area contributed by atoms with E-state index in [-0.39, 0.29) is 5.92 Å². The van der Waals surface area contributed by atoms with Gasteiger partial charge in [0.1, 0.15) is 0 Å². The van der Waals surface area contributed by atoms with Crippen molar-refractivity contribution < 1.29 is 8.78 Å². The zero-order valence-corrected chi connectivity index (χ0v) is 13.9. The molecule has 0 heterocycles. The second-order valence-corrected chi connectivity index (χ2v) is 7.16. The zero-order chi connectivity index (χ0) is 15.8. The smallest absolute Gasteiger partial charge is 0.210 e. The van der Waals surface area contributed by atoms with Crippen LogP contribution in [0.2, 0.25) is 0 Å². The Kier molecular flexibility index (Phi) is 7.43. The summed E-state index contributed by atoms with van der Waals surface area (Å²) in [4.78, 5) is 0. The SMILES string of the molecule is CCC[C@H]1CC[C@H](C=CC#C[C@H]2CC[C@H](C(F)F)CC2)CC1. The highest BCUT2D eigenvalue weighted by atomic mass is 19.3. The first-order chi connectivity index (χ1) is 10.7. The molecule has 2 rings (SSSR count). The highest BCUT2D eigenvalue weighted by molar-refractivity contribution is 5.18. The van der Waals surface area contributed by atoms with Crippen LogP contribution in [0.3, 0.4) is 0 Å². The lowest BCUT2D eigenvalue weighted by atomic mass is 9.80. The van der Waals surface area contributed by atoms with Crippen LogP contribution >= 0.6 is 0 Å². The summed E-state index contributed by atoms with van der Waals surface area (Å²) in [6.45, 7) is 2.27. The van der Waals surface area contributed by atoms with E-state index < -0.39 is 6.43 Å². The number of halogens is 2. The van der Waals surface area contributed by atoms with Crippen molar-refractivity contribution in [3.05, 3.63) is 12.2 Å². The fourth-order valence-electron chi connectivity index (χ4n) is 3.94. The summed E-state index contributed by atoms with van der Waals surface area (Å²) < 4.78 is 25.2. The second kappa shape index (κ2) is 9.33. The lowest BCUT2D eigenvalue weighted by Gasteiger charge is -2.26. The molecule has 0 aromatic heterocycles. The summed E-state index contributed by atoms with van der Waals surface area (Å²) >= 11 is 0. The molecule has 0 aromatic rings. The summed E-state index contributed by atoms with van der Waals surface area (Å²) in [5.74, 6) is 8.04. The molecule has 22 heavy (non-hydrogen) atoms. The topological polar surface area (TPSA) is 0 Å². The van der Waals surface area contributed by atoms with Crippen LogP contribution in [0.25, 0.3) is 0 Å². The Morgan fingerprint density at radius 1 is 1.00 bits per heavy atom. The van der Waals surface area contributed by atoms with Gasteiger partial charge in [-0.15, -0.1) is 0 Å². The molecule has 0 radical (unpaired) electrons. The Labute approximate surface area is 134 Å². The summed E-state index contributed by atoms with van der Waals surface area (Å²) in [5, 5.41) is 0. The molecule has 0 amide bonds. The van der Waals surface area contributed by atoms with Gasteiger partial charge in [0, 0.05) is 11.8 Å². The molecule has 0 atom stereocenters. The van der Waals surface area contributed by atoms with Gasteiger partial charge in [0.25, 0.3) is 0 Å². The Morgan fingerprint density at radius 2 is 1.68 bits per heavy atom. The monoisotopic (exact) mass is 308 g/mol. The molecular formula is C20H30F2. The highest BCUT2D eigenvalue weighted by Gasteiger charge is 2.26. The summed E-state index contributed by atoms with van der Waals surface area (Å²) in [6, 6.07) is 0. The third-order valence-electron chi connectivity index (χ3n) is 5.46. The quantitative estimate of drug-likeness (QED) is 0.540. The minimum atomic E-state index is -2.14. The van der Waals surface area contributed by atoms with Crippen molar-refractivity contribution in [2.24, 2.45) is 23.7 Å². The third-order valence-corrected chi connectivity index (χ3v) is 5.46. The number of alkyl halides is 2. The van der Waals surface area contributed by atoms with E-state index >= 15 is 0 Å². The lowest BCUT2D eigenvalue weighted by Crippen LogP contribution is -2.19. The highest BCUT2D eigenvalue weighted by Crippen LogP contribution is 2.33. The van der Waals surface area contributed by atoms with E-state index in [1.807, 2.05) is 6.08 Å². The average molecular weight is 308 g/mol. The van der Waals surface area contributed by atoms with Crippen molar-refractivity contribution in [1.29, 1.82) is 0 Å². The van der Waals surface area contributed by atoms with E-state index in [0.29, 0.717) is 24.7 Å². The van der Waals surface area contributed by atoms with Crippen LogP contribution in [0, 0.1) is 35.5 Å². The summed E-state index contributed by atoms with van der Waals surface area (Å²) in [5.41, 5.74) is 0. The Hall–Kier alpha value is -0.840. The Morgan fingerprint density at radius 3 is 2.27 bits per heavy atom. The van der Waals surface area contributed by atoms with E-state index in [4.69, 9.17) is 0 Å². The van der Waals surface area contributed by atoms with Crippen LogP contribution in [-0.2, 0) is 0 Å². The van der Waals surface area contributed by atoms with E-state index in [9.17, 15) is 8.78 Å². The maximum atomic E-state index is 12.6. The van der Waals surface area contributed by atoms with Gasteiger partial charge in [0.05, 0.1) is 0 Å². The standard InChI is InChI=1S/C20H30F2/c1-2-5-16-8-10-17(11-9-16)6-3-4-7-18-12-14-19(15-13-18)20(21)22/h3,6,16-20H,2,5,8-15H2,1H3/t16-,17-,18-,19-. The third kappa shape index (κ3) is 5.75. The van der Waals surface area contributed by atoms with Gasteiger partial charge in [-0.05, 0) is 69.3 Å². The van der Waals surface area contributed by atoms with Crippen molar-refractivity contribution in [3.63, 3.8) is 0 Å². The summed E-state index contributed by atoms with van der Waals surface area (Å²) in [7, 11) is 0. The van der Waals surface area contributed by atoms with Gasteiger partial charge in [-0.1, -0.05) is 37.7 Å². The van der Waals surface area contributed by atoms with Crippen molar-refractivity contribution in [2.45, 2.75) is 77.6 Å². The van der Waals surface area contributed by atoms with Crippen LogP contribution < -0.4 is 0 Å². The lowest BCUT2D eigenvalue weighted by molar-refractivity contribution is 0.0513. The predicted octanol–water partition coefficient (Wildman–Crippen LogP) is 6.22. The van der Waals surface area contributed by atoms with Crippen LogP contribution in [0.4, 0.5) is 8.78 Å². The van der Waals surface area contributed by atoms with E-state index in [1.54, 1.807) is 0 Å². The first-order valence-electron chi connectivity index (χ1n) is 9.15. The fourth-order valence-corrected chi connectivity index (χ4v) is 3.94. The van der Waals surface area contributed by atoms with Gasteiger partial charge in [-0.2, -0.15) is 0 Å². The van der Waals surface area contributed by atoms with E-state index in [1.165, 1.54) is 38.5 Å². The van der Waals surface area contributed by atoms with E-state index in [2.05, 4.69) is 24.8 Å². The molecule has 2 aliphatic carbocycles. The molecule has 0 saturated heterocycles. The largest absolute Gasteiger partial charge is 0.241 e. The first kappa shape index (κ1) is 17.5. The molecule has 2 saturated carbocycles. The second-order valence-electron chi connectivity index (χ2n) is 7.16. The Bertz CT molecular complexity index is 386. The number of hydrogen-bond donors (Lipinski definition) is 0. The number of hydrogen-bond acceptors (Lipinski definition) is 0. The van der Waals surface area contributed by atoms with Crippen molar-refractivity contribution in [2.75, 3.05) is 0 Å². The van der Waals surface area contributed by atoms with Crippen LogP contribution in [0.1, 0.15) is 71.1 Å². The fraction of sp³-hybridized carbons (Fsp3) is 0.800. The maximum Gasteiger partial charge on any atom is 0.241 e. The van der Waals surface area contributed by atoms with Gasteiger partial charge < -0.3 is 0 Å². The minimum Gasteiger partial charge on any atom is -0.210 e. The molecule has 0 nitrogen and oxygen atoms in total. The number of rotatable bonds is 4. The van der Waals surface area contributed by atoms with Crippen molar-refractivity contribution >= 4 is 0 Å². The molecule has 2 heteroatoms. The molecule has 0 spiro atoms. The predicted molar refractivity (Wildman–Crippen MR) is 88.7 cm³/mol. The van der Waals surface area contributed by atoms with Gasteiger partial charge in [0.15, 0.2) is 0 Å². The van der Waals surface area contributed by atoms with Crippen molar-refractivity contribution in [1.82, 2.24) is 0 Å². The molecule has 124 valence electrons. The summed E-state index contributed by atoms with van der Waals surface area (Å²) in [6.07, 6.45) is 13.2. The van der Waals surface area contributed by atoms with Crippen LogP contribution in [0.15, 0.2) is 12.2 Å². The minimum absolute atomic E-state index is 0.333. The van der Waals surface area contributed by atoms with Gasteiger partial charge >= 0.3 is 0 Å². The van der Waals surface area contributed by atoms with Gasteiger partial charge in [-0.3, -0.25) is 0 Å². The van der Waals surface area contributed by atoms with E-state index in [0.717, 1.165) is 18.8 Å². The molecule has 2 aliphatic rings. The molecule has 0 unspecified atom stereocenters. The maximum absolute atomic E-state index is 12.6. The zero-order valence-electron chi connectivity index (χ0n) is 13.9. The molecule has 0 aromatic carbocycles. The first-order valence-corrected chi connectivity index (χ1v) is 9.15. The molecule has 2 fully saturated rings. The molecule has 0 bridgehead atoms. The average Bonchev–Trinajstić information content (AvgIpc) is 2.54. The molecule has 0 N–H and O–H groups in total.